The third-order valence-corrected chi connectivity index (χ3v) is 6.10. The van der Waals surface area contributed by atoms with Crippen LogP contribution in [0.1, 0.15) is 37.7 Å². The number of aromatic nitrogens is 1. The Morgan fingerprint density at radius 1 is 1.23 bits per heavy atom. The van der Waals surface area contributed by atoms with Crippen molar-refractivity contribution in [3.05, 3.63) is 42.2 Å². The number of carbonyl (C=O) groups is 1. The Bertz CT molecular complexity index is 630. The van der Waals surface area contributed by atoms with Gasteiger partial charge >= 0.3 is 0 Å². The van der Waals surface area contributed by atoms with Crippen molar-refractivity contribution in [1.29, 1.82) is 0 Å². The maximum absolute atomic E-state index is 12.6. The molecule has 26 heavy (non-hydrogen) atoms. The van der Waals surface area contributed by atoms with E-state index in [1.807, 2.05) is 12.1 Å². The predicted molar refractivity (Wildman–Crippen MR) is 98.4 cm³/mol. The molecule has 2 fully saturated rings. The van der Waals surface area contributed by atoms with Crippen molar-refractivity contribution in [2.75, 3.05) is 26.3 Å². The summed E-state index contributed by atoms with van der Waals surface area (Å²) in [5.74, 6) is 0.541. The fourth-order valence-corrected chi connectivity index (χ4v) is 4.42. The van der Waals surface area contributed by atoms with E-state index < -0.39 is 0 Å². The fraction of sp³-hybridized carbons (Fsp3) is 0.619. The van der Waals surface area contributed by atoms with Gasteiger partial charge in [0.15, 0.2) is 0 Å². The molecule has 5 nitrogen and oxygen atoms in total. The van der Waals surface area contributed by atoms with Gasteiger partial charge in [-0.1, -0.05) is 12.2 Å². The molecular formula is C21H28N2O3. The first-order valence-corrected chi connectivity index (χ1v) is 9.76. The van der Waals surface area contributed by atoms with Crippen molar-refractivity contribution in [2.24, 2.45) is 11.3 Å². The summed E-state index contributed by atoms with van der Waals surface area (Å²) < 4.78 is 11.9. The highest BCUT2D eigenvalue weighted by Crippen LogP contribution is 2.42. The molecule has 0 aromatic carbocycles. The lowest BCUT2D eigenvalue weighted by molar-refractivity contribution is -0.137. The first-order valence-electron chi connectivity index (χ1n) is 9.76. The van der Waals surface area contributed by atoms with Gasteiger partial charge in [0, 0.05) is 31.4 Å². The van der Waals surface area contributed by atoms with Crippen molar-refractivity contribution in [2.45, 2.75) is 44.8 Å². The largest absolute Gasteiger partial charge is 0.375 e. The Kier molecular flexibility index (Phi) is 5.36. The maximum atomic E-state index is 12.6. The Morgan fingerprint density at radius 2 is 1.96 bits per heavy atom. The second-order valence-corrected chi connectivity index (χ2v) is 7.97. The van der Waals surface area contributed by atoms with Crippen LogP contribution in [0, 0.1) is 11.3 Å². The summed E-state index contributed by atoms with van der Waals surface area (Å²) in [5, 5.41) is 0. The van der Waals surface area contributed by atoms with Gasteiger partial charge in [-0.05, 0) is 55.2 Å². The van der Waals surface area contributed by atoms with Gasteiger partial charge in [-0.2, -0.15) is 0 Å². The first kappa shape index (κ1) is 17.7. The molecule has 5 heteroatoms. The molecule has 2 aliphatic heterocycles. The summed E-state index contributed by atoms with van der Waals surface area (Å²) in [6.07, 6.45) is 13.0. The number of allylic oxidation sites excluding steroid dienone is 2. The van der Waals surface area contributed by atoms with Gasteiger partial charge in [0.2, 0.25) is 5.91 Å². The topological polar surface area (TPSA) is 51.7 Å². The van der Waals surface area contributed by atoms with Gasteiger partial charge < -0.3 is 14.4 Å². The van der Waals surface area contributed by atoms with Gasteiger partial charge in [0.25, 0.3) is 0 Å². The van der Waals surface area contributed by atoms with Crippen molar-refractivity contribution in [3.8, 4) is 0 Å². The van der Waals surface area contributed by atoms with Gasteiger partial charge in [0.05, 0.1) is 25.9 Å². The molecule has 1 amide bonds. The molecule has 0 radical (unpaired) electrons. The standard InChI is InChI=1S/C21H28N2O3/c24-20(18-3-1-2-4-18)23-11-7-21(8-12-23)13-19(26-16-21)15-25-14-17-5-9-22-10-6-17/h1-2,5-6,9-10,18-19H,3-4,7-8,11-16H2/t19-/m0/s1. The van der Waals surface area contributed by atoms with Crippen LogP contribution in [-0.4, -0.2) is 48.2 Å². The van der Waals surface area contributed by atoms with Crippen LogP contribution in [0.15, 0.2) is 36.7 Å². The second-order valence-electron chi connectivity index (χ2n) is 7.97. The molecule has 1 atom stereocenters. The summed E-state index contributed by atoms with van der Waals surface area (Å²) >= 11 is 0. The SMILES string of the molecule is O=C(C1CC=CC1)N1CCC2(CC1)CO[C@H](COCc1ccncc1)C2. The summed E-state index contributed by atoms with van der Waals surface area (Å²) in [7, 11) is 0. The molecular weight excluding hydrogens is 328 g/mol. The van der Waals surface area contributed by atoms with Crippen molar-refractivity contribution < 1.29 is 14.3 Å². The molecule has 1 aromatic heterocycles. The third-order valence-electron chi connectivity index (χ3n) is 6.10. The van der Waals surface area contributed by atoms with Crippen molar-refractivity contribution >= 4 is 5.91 Å². The zero-order chi connectivity index (χ0) is 17.8. The molecule has 0 unspecified atom stereocenters. The van der Waals surface area contributed by atoms with Crippen LogP contribution in [0.5, 0.6) is 0 Å². The molecule has 3 heterocycles. The van der Waals surface area contributed by atoms with Crippen LogP contribution in [0.2, 0.25) is 0 Å². The maximum Gasteiger partial charge on any atom is 0.226 e. The zero-order valence-electron chi connectivity index (χ0n) is 15.3. The number of hydrogen-bond acceptors (Lipinski definition) is 4. The molecule has 0 N–H and O–H groups in total. The summed E-state index contributed by atoms with van der Waals surface area (Å²) in [4.78, 5) is 18.7. The van der Waals surface area contributed by atoms with E-state index in [1.54, 1.807) is 12.4 Å². The van der Waals surface area contributed by atoms with Gasteiger partial charge in [-0.15, -0.1) is 0 Å². The number of carbonyl (C=O) groups excluding carboxylic acids is 1. The summed E-state index contributed by atoms with van der Waals surface area (Å²) in [6.45, 7) is 3.81. The lowest BCUT2D eigenvalue weighted by Gasteiger charge is -2.39. The first-order chi connectivity index (χ1) is 12.7. The molecule has 1 aromatic rings. The summed E-state index contributed by atoms with van der Waals surface area (Å²) in [5.41, 5.74) is 1.39. The van der Waals surface area contributed by atoms with Crippen LogP contribution in [0.3, 0.4) is 0 Å². The van der Waals surface area contributed by atoms with Crippen LogP contribution in [-0.2, 0) is 20.9 Å². The average Bonchev–Trinajstić information content (AvgIpc) is 3.34. The number of pyridine rings is 1. The van der Waals surface area contributed by atoms with Crippen molar-refractivity contribution in [3.63, 3.8) is 0 Å². The van der Waals surface area contributed by atoms with Gasteiger partial charge in [-0.3, -0.25) is 9.78 Å². The molecule has 0 saturated carbocycles. The number of hydrogen-bond donors (Lipinski definition) is 0. The molecule has 3 aliphatic rings. The molecule has 0 bridgehead atoms. The number of rotatable bonds is 5. The van der Waals surface area contributed by atoms with Crippen molar-refractivity contribution in [1.82, 2.24) is 9.88 Å². The lowest BCUT2D eigenvalue weighted by atomic mass is 9.76. The van der Waals surface area contributed by atoms with E-state index in [1.165, 1.54) is 0 Å². The normalized spacial score (nSPS) is 25.2. The van der Waals surface area contributed by atoms with Crippen LogP contribution in [0.25, 0.3) is 0 Å². The number of amides is 1. The Labute approximate surface area is 155 Å². The van der Waals surface area contributed by atoms with E-state index in [9.17, 15) is 4.79 Å². The van der Waals surface area contributed by atoms with E-state index in [0.29, 0.717) is 19.1 Å². The average molecular weight is 356 g/mol. The van der Waals surface area contributed by atoms with Crippen LogP contribution >= 0.6 is 0 Å². The molecule has 140 valence electrons. The number of likely N-dealkylation sites (tertiary alicyclic amines) is 1. The minimum absolute atomic E-state index is 0.179. The molecule has 4 rings (SSSR count). The van der Waals surface area contributed by atoms with Gasteiger partial charge in [-0.25, -0.2) is 0 Å². The van der Waals surface area contributed by atoms with Crippen LogP contribution < -0.4 is 0 Å². The Hall–Kier alpha value is -1.72. The Balaban J connectivity index is 1.21. The van der Waals surface area contributed by atoms with Crippen LogP contribution in [0.4, 0.5) is 0 Å². The van der Waals surface area contributed by atoms with E-state index in [0.717, 1.165) is 57.4 Å². The Morgan fingerprint density at radius 3 is 2.69 bits per heavy atom. The fourth-order valence-electron chi connectivity index (χ4n) is 4.42. The smallest absolute Gasteiger partial charge is 0.226 e. The highest BCUT2D eigenvalue weighted by Gasteiger charge is 2.43. The lowest BCUT2D eigenvalue weighted by Crippen LogP contribution is -2.45. The third kappa shape index (κ3) is 3.99. The van der Waals surface area contributed by atoms with E-state index in [4.69, 9.17) is 9.47 Å². The number of piperidine rings is 1. The van der Waals surface area contributed by atoms with E-state index in [2.05, 4.69) is 22.0 Å². The van der Waals surface area contributed by atoms with E-state index in [-0.39, 0.29) is 17.4 Å². The van der Waals surface area contributed by atoms with Gasteiger partial charge in [0.1, 0.15) is 0 Å². The van der Waals surface area contributed by atoms with E-state index >= 15 is 0 Å². The monoisotopic (exact) mass is 356 g/mol. The highest BCUT2D eigenvalue weighted by molar-refractivity contribution is 5.79. The number of ether oxygens (including phenoxy) is 2. The molecule has 2 saturated heterocycles. The molecule has 1 spiro atoms. The minimum Gasteiger partial charge on any atom is -0.375 e. The predicted octanol–water partition coefficient (Wildman–Crippen LogP) is 2.96. The highest BCUT2D eigenvalue weighted by atomic mass is 16.5. The summed E-state index contributed by atoms with van der Waals surface area (Å²) in [6, 6.07) is 3.95. The minimum atomic E-state index is 0.179. The second kappa shape index (κ2) is 7.89. The quantitative estimate of drug-likeness (QED) is 0.761. The zero-order valence-corrected chi connectivity index (χ0v) is 15.3. The number of nitrogens with zero attached hydrogens (tertiary/aromatic N) is 2. The molecule has 1 aliphatic carbocycles.